The van der Waals surface area contributed by atoms with Crippen molar-refractivity contribution in [2.45, 2.75) is 12.8 Å². The minimum absolute atomic E-state index is 0.0518. The third-order valence-corrected chi connectivity index (χ3v) is 1.88. The smallest absolute Gasteiger partial charge is 0.301 e. The summed E-state index contributed by atoms with van der Waals surface area (Å²) in [6.45, 7) is 0.711. The van der Waals surface area contributed by atoms with E-state index in [4.69, 9.17) is 0 Å². The molecule has 1 heterocycles. The molecule has 0 amide bonds. The number of hydrogen-bond acceptors (Lipinski definition) is 1. The Hall–Kier alpha value is -1.52. The van der Waals surface area contributed by atoms with Gasteiger partial charge in [0.25, 0.3) is 0 Å². The number of aromatic amines is 1. The van der Waals surface area contributed by atoms with E-state index in [1.54, 1.807) is 0 Å². The molecule has 0 atom stereocenters. The Morgan fingerprint density at radius 1 is 1.36 bits per heavy atom. The molecular formula is C9H7F3N2. The molecule has 0 aliphatic carbocycles. The van der Waals surface area contributed by atoms with Crippen LogP contribution in [0.5, 0.6) is 0 Å². The van der Waals surface area contributed by atoms with Crippen molar-refractivity contribution in [2.24, 2.45) is 0 Å². The van der Waals surface area contributed by atoms with Gasteiger partial charge in [0.15, 0.2) is 11.6 Å². The molecule has 2 aromatic rings. The highest BCUT2D eigenvalue weighted by Crippen LogP contribution is 2.26. The third kappa shape index (κ3) is 1.34. The van der Waals surface area contributed by atoms with Crippen LogP contribution in [0, 0.1) is 5.82 Å². The number of imidazole rings is 1. The van der Waals surface area contributed by atoms with E-state index in [2.05, 4.69) is 9.97 Å². The Morgan fingerprint density at radius 2 is 2.07 bits per heavy atom. The summed E-state index contributed by atoms with van der Waals surface area (Å²) in [5, 5.41) is 0. The van der Waals surface area contributed by atoms with E-state index in [0.29, 0.717) is 6.92 Å². The van der Waals surface area contributed by atoms with Gasteiger partial charge in [0.05, 0.1) is 5.52 Å². The molecule has 1 aromatic heterocycles. The number of H-pyrrole nitrogens is 1. The van der Waals surface area contributed by atoms with Crippen LogP contribution in [0.1, 0.15) is 12.7 Å². The minimum Gasteiger partial charge on any atom is -0.337 e. The quantitative estimate of drug-likeness (QED) is 0.753. The Morgan fingerprint density at radius 3 is 2.64 bits per heavy atom. The number of aromatic nitrogens is 2. The Bertz CT molecular complexity index is 470. The highest BCUT2D eigenvalue weighted by atomic mass is 19.3. The van der Waals surface area contributed by atoms with E-state index in [0.717, 1.165) is 0 Å². The molecule has 0 aliphatic heterocycles. The van der Waals surface area contributed by atoms with Crippen molar-refractivity contribution in [2.75, 3.05) is 0 Å². The van der Waals surface area contributed by atoms with Crippen LogP contribution in [0.3, 0.4) is 0 Å². The van der Waals surface area contributed by atoms with Crippen LogP contribution in [0.15, 0.2) is 18.2 Å². The van der Waals surface area contributed by atoms with Crippen LogP contribution >= 0.6 is 0 Å². The number of benzene rings is 1. The second-order valence-corrected chi connectivity index (χ2v) is 3.11. The maximum Gasteiger partial charge on any atom is 0.301 e. The highest BCUT2D eigenvalue weighted by molar-refractivity contribution is 5.75. The van der Waals surface area contributed by atoms with Gasteiger partial charge in [0, 0.05) is 6.92 Å². The average Bonchev–Trinajstić information content (AvgIpc) is 2.48. The summed E-state index contributed by atoms with van der Waals surface area (Å²) in [6, 6.07) is 4.12. The first-order chi connectivity index (χ1) is 6.48. The standard InChI is InChI=1S/C9H7F3N2/c1-9(11,12)8-13-6-4-2-3-5(10)7(6)14-8/h2-4H,1H3,(H,13,14). The predicted octanol–water partition coefficient (Wildman–Crippen LogP) is 2.81. The van der Waals surface area contributed by atoms with Gasteiger partial charge in [-0.05, 0) is 12.1 Å². The van der Waals surface area contributed by atoms with Crippen molar-refractivity contribution in [1.29, 1.82) is 0 Å². The molecule has 0 aliphatic rings. The number of para-hydroxylation sites is 1. The summed E-state index contributed by atoms with van der Waals surface area (Å²) in [7, 11) is 0. The summed E-state index contributed by atoms with van der Waals surface area (Å²) in [5.74, 6) is -4.20. The van der Waals surface area contributed by atoms with E-state index >= 15 is 0 Å². The maximum absolute atomic E-state index is 13.1. The van der Waals surface area contributed by atoms with Gasteiger partial charge in [-0.2, -0.15) is 8.78 Å². The van der Waals surface area contributed by atoms with Crippen LogP contribution < -0.4 is 0 Å². The Labute approximate surface area is 77.8 Å². The Kier molecular flexibility index (Phi) is 1.77. The second-order valence-electron chi connectivity index (χ2n) is 3.11. The lowest BCUT2D eigenvalue weighted by Gasteiger charge is -2.03. The van der Waals surface area contributed by atoms with Crippen LogP contribution in [-0.2, 0) is 5.92 Å². The van der Waals surface area contributed by atoms with E-state index in [-0.39, 0.29) is 11.0 Å². The summed E-state index contributed by atoms with van der Waals surface area (Å²) in [5.41, 5.74) is 0.227. The number of hydrogen-bond donors (Lipinski definition) is 1. The van der Waals surface area contributed by atoms with Crippen molar-refractivity contribution in [3.8, 4) is 0 Å². The average molecular weight is 200 g/mol. The highest BCUT2D eigenvalue weighted by Gasteiger charge is 2.28. The molecule has 1 aromatic carbocycles. The van der Waals surface area contributed by atoms with Crippen LogP contribution in [0.25, 0.3) is 11.0 Å². The zero-order chi connectivity index (χ0) is 10.3. The van der Waals surface area contributed by atoms with Crippen molar-refractivity contribution in [3.05, 3.63) is 29.8 Å². The molecule has 1 N–H and O–H groups in total. The van der Waals surface area contributed by atoms with Crippen LogP contribution in [0.4, 0.5) is 13.2 Å². The first kappa shape index (κ1) is 9.05. The molecule has 74 valence electrons. The number of fused-ring (bicyclic) bond motifs is 1. The topological polar surface area (TPSA) is 28.7 Å². The second kappa shape index (κ2) is 2.73. The fraction of sp³-hybridized carbons (Fsp3) is 0.222. The molecule has 0 saturated heterocycles. The molecule has 0 radical (unpaired) electrons. The summed E-state index contributed by atoms with van der Waals surface area (Å²) < 4.78 is 38.7. The zero-order valence-electron chi connectivity index (χ0n) is 7.31. The summed E-state index contributed by atoms with van der Waals surface area (Å²) >= 11 is 0. The first-order valence-corrected chi connectivity index (χ1v) is 4.01. The SMILES string of the molecule is CC(F)(F)c1nc2c(F)cccc2[nH]1. The van der Waals surface area contributed by atoms with Crippen molar-refractivity contribution < 1.29 is 13.2 Å². The molecule has 0 saturated carbocycles. The van der Waals surface area contributed by atoms with Gasteiger partial charge < -0.3 is 4.98 Å². The number of nitrogens with zero attached hydrogens (tertiary/aromatic N) is 1. The first-order valence-electron chi connectivity index (χ1n) is 4.01. The van der Waals surface area contributed by atoms with Gasteiger partial charge >= 0.3 is 5.92 Å². The van der Waals surface area contributed by atoms with Gasteiger partial charge in [-0.3, -0.25) is 0 Å². The third-order valence-electron chi connectivity index (χ3n) is 1.88. The lowest BCUT2D eigenvalue weighted by Crippen LogP contribution is -2.08. The van der Waals surface area contributed by atoms with Gasteiger partial charge in [-0.25, -0.2) is 9.37 Å². The molecule has 2 nitrogen and oxygen atoms in total. The zero-order valence-corrected chi connectivity index (χ0v) is 7.31. The molecular weight excluding hydrogens is 193 g/mol. The number of alkyl halides is 2. The minimum atomic E-state index is -3.08. The molecule has 0 unspecified atom stereocenters. The van der Waals surface area contributed by atoms with E-state index in [1.165, 1.54) is 18.2 Å². The predicted molar refractivity (Wildman–Crippen MR) is 45.6 cm³/mol. The molecule has 0 spiro atoms. The largest absolute Gasteiger partial charge is 0.337 e. The number of halogens is 3. The van der Waals surface area contributed by atoms with Gasteiger partial charge in [-0.15, -0.1) is 0 Å². The van der Waals surface area contributed by atoms with Crippen LogP contribution in [0.2, 0.25) is 0 Å². The van der Waals surface area contributed by atoms with E-state index in [1.807, 2.05) is 0 Å². The van der Waals surface area contributed by atoms with E-state index in [9.17, 15) is 13.2 Å². The molecule has 0 bridgehead atoms. The number of rotatable bonds is 1. The molecule has 0 fully saturated rings. The lowest BCUT2D eigenvalue weighted by atomic mass is 10.3. The molecule has 5 heteroatoms. The van der Waals surface area contributed by atoms with Crippen LogP contribution in [-0.4, -0.2) is 9.97 Å². The molecule has 2 rings (SSSR count). The monoisotopic (exact) mass is 200 g/mol. The normalized spacial score (nSPS) is 12.3. The van der Waals surface area contributed by atoms with Crippen molar-refractivity contribution in [1.82, 2.24) is 9.97 Å². The van der Waals surface area contributed by atoms with E-state index < -0.39 is 17.6 Å². The lowest BCUT2D eigenvalue weighted by molar-refractivity contribution is 0.00889. The van der Waals surface area contributed by atoms with Gasteiger partial charge in [-0.1, -0.05) is 6.07 Å². The fourth-order valence-electron chi connectivity index (χ4n) is 1.21. The summed E-state index contributed by atoms with van der Waals surface area (Å²) in [4.78, 5) is 5.88. The maximum atomic E-state index is 13.1. The number of nitrogens with one attached hydrogen (secondary N) is 1. The van der Waals surface area contributed by atoms with Gasteiger partial charge in [0.2, 0.25) is 0 Å². The van der Waals surface area contributed by atoms with Crippen molar-refractivity contribution in [3.63, 3.8) is 0 Å². The Balaban J connectivity index is 2.69. The summed E-state index contributed by atoms with van der Waals surface area (Å²) in [6.07, 6.45) is 0. The molecule has 14 heavy (non-hydrogen) atoms. The van der Waals surface area contributed by atoms with Crippen molar-refractivity contribution >= 4 is 11.0 Å². The fourth-order valence-corrected chi connectivity index (χ4v) is 1.21. The van der Waals surface area contributed by atoms with Gasteiger partial charge in [0.1, 0.15) is 5.52 Å².